The van der Waals surface area contributed by atoms with E-state index in [1.165, 1.54) is 7.11 Å². The Balaban J connectivity index is 2.08. The molecule has 5 nitrogen and oxygen atoms in total. The molecule has 1 aromatic heterocycles. The molecule has 1 aliphatic carbocycles. The molecule has 1 N–H and O–H groups in total. The summed E-state index contributed by atoms with van der Waals surface area (Å²) in [6.07, 6.45) is 6.83. The first-order valence-electron chi connectivity index (χ1n) is 7.96. The Bertz CT molecular complexity index is 472. The number of nitrogens with one attached hydrogen (secondary N) is 1. The van der Waals surface area contributed by atoms with Gasteiger partial charge >= 0.3 is 5.97 Å². The number of nitrogens with zero attached hydrogens (tertiary/aromatic N) is 2. The van der Waals surface area contributed by atoms with Crippen LogP contribution in [0.4, 0.5) is 0 Å². The van der Waals surface area contributed by atoms with Gasteiger partial charge in [0.15, 0.2) is 0 Å². The Hall–Kier alpha value is -1.36. The Labute approximate surface area is 127 Å². The minimum Gasteiger partial charge on any atom is -0.468 e. The molecule has 0 bridgehead atoms. The summed E-state index contributed by atoms with van der Waals surface area (Å²) in [7, 11) is 1.49. The van der Waals surface area contributed by atoms with Crippen molar-refractivity contribution in [2.75, 3.05) is 13.7 Å². The lowest BCUT2D eigenvalue weighted by Gasteiger charge is -2.34. The molecular weight excluding hydrogens is 266 g/mol. The van der Waals surface area contributed by atoms with Gasteiger partial charge in [-0.1, -0.05) is 13.3 Å². The molecule has 1 heterocycles. The Morgan fingerprint density at radius 3 is 3.05 bits per heavy atom. The average molecular weight is 293 g/mol. The van der Waals surface area contributed by atoms with Gasteiger partial charge in [-0.05, 0) is 51.1 Å². The van der Waals surface area contributed by atoms with Crippen molar-refractivity contribution in [2.24, 2.45) is 5.92 Å². The second-order valence-corrected chi connectivity index (χ2v) is 5.96. The Kier molecular flexibility index (Phi) is 5.39. The van der Waals surface area contributed by atoms with Crippen LogP contribution in [0.3, 0.4) is 0 Å². The van der Waals surface area contributed by atoms with Gasteiger partial charge in [0.05, 0.1) is 7.11 Å². The van der Waals surface area contributed by atoms with Gasteiger partial charge in [0, 0.05) is 18.4 Å². The quantitative estimate of drug-likeness (QED) is 0.784. The van der Waals surface area contributed by atoms with E-state index in [2.05, 4.69) is 24.3 Å². The predicted molar refractivity (Wildman–Crippen MR) is 82.0 cm³/mol. The summed E-state index contributed by atoms with van der Waals surface area (Å²) in [5.74, 6) is 0.218. The number of carbonyl (C=O) groups is 1. The smallest absolute Gasteiger partial charge is 0.326 e. The second kappa shape index (κ2) is 7.07. The van der Waals surface area contributed by atoms with E-state index >= 15 is 0 Å². The minimum absolute atomic E-state index is 0.101. The van der Waals surface area contributed by atoms with E-state index in [9.17, 15) is 4.79 Å². The molecule has 1 fully saturated rings. The van der Waals surface area contributed by atoms with Crippen molar-refractivity contribution in [3.63, 3.8) is 0 Å². The van der Waals surface area contributed by atoms with Gasteiger partial charge in [0.1, 0.15) is 5.54 Å². The zero-order valence-corrected chi connectivity index (χ0v) is 13.4. The van der Waals surface area contributed by atoms with Gasteiger partial charge in [0.2, 0.25) is 0 Å². The van der Waals surface area contributed by atoms with E-state index < -0.39 is 5.54 Å². The molecule has 1 aliphatic rings. The number of aryl methyl sites for hydroxylation is 2. The van der Waals surface area contributed by atoms with Crippen molar-refractivity contribution in [2.45, 2.75) is 58.0 Å². The van der Waals surface area contributed by atoms with Gasteiger partial charge in [-0.15, -0.1) is 0 Å². The number of methoxy groups -OCH3 is 1. The molecule has 0 spiro atoms. The summed E-state index contributed by atoms with van der Waals surface area (Å²) in [4.78, 5) is 12.4. The topological polar surface area (TPSA) is 56.1 Å². The van der Waals surface area contributed by atoms with Crippen molar-refractivity contribution in [1.29, 1.82) is 0 Å². The van der Waals surface area contributed by atoms with Crippen LogP contribution < -0.4 is 5.32 Å². The lowest BCUT2D eigenvalue weighted by Crippen LogP contribution is -2.55. The average Bonchev–Trinajstić information content (AvgIpc) is 3.09. The van der Waals surface area contributed by atoms with Crippen molar-refractivity contribution in [3.8, 4) is 0 Å². The zero-order valence-electron chi connectivity index (χ0n) is 13.4. The van der Waals surface area contributed by atoms with Crippen LogP contribution in [0.5, 0.6) is 0 Å². The van der Waals surface area contributed by atoms with Crippen LogP contribution in [0.25, 0.3) is 0 Å². The van der Waals surface area contributed by atoms with Crippen LogP contribution >= 0.6 is 0 Å². The number of carbonyl (C=O) groups excluding carboxylic acids is 1. The summed E-state index contributed by atoms with van der Waals surface area (Å²) >= 11 is 0. The number of ether oxygens (including phenoxy) is 1. The van der Waals surface area contributed by atoms with Gasteiger partial charge < -0.3 is 10.1 Å². The summed E-state index contributed by atoms with van der Waals surface area (Å²) in [5.41, 5.74) is 0.671. The first-order chi connectivity index (χ1) is 10.1. The summed E-state index contributed by atoms with van der Waals surface area (Å²) in [5, 5.41) is 7.82. The third-order valence-electron chi connectivity index (χ3n) is 4.68. The number of hydrogen-bond acceptors (Lipinski definition) is 4. The van der Waals surface area contributed by atoms with Gasteiger partial charge in [-0.2, -0.15) is 5.10 Å². The van der Waals surface area contributed by atoms with E-state index in [0.717, 1.165) is 50.9 Å². The van der Waals surface area contributed by atoms with Crippen LogP contribution in [0.2, 0.25) is 0 Å². The van der Waals surface area contributed by atoms with E-state index in [1.807, 2.05) is 16.9 Å². The molecule has 2 atom stereocenters. The van der Waals surface area contributed by atoms with Crippen LogP contribution in [0.15, 0.2) is 12.3 Å². The molecule has 0 amide bonds. The highest BCUT2D eigenvalue weighted by atomic mass is 16.5. The van der Waals surface area contributed by atoms with Crippen molar-refractivity contribution in [3.05, 3.63) is 18.0 Å². The van der Waals surface area contributed by atoms with Crippen LogP contribution in [-0.2, 0) is 16.1 Å². The maximum Gasteiger partial charge on any atom is 0.326 e. The number of rotatable bonds is 7. The van der Waals surface area contributed by atoms with Crippen molar-refractivity contribution in [1.82, 2.24) is 15.1 Å². The molecule has 2 rings (SSSR count). The van der Waals surface area contributed by atoms with E-state index in [-0.39, 0.29) is 5.97 Å². The van der Waals surface area contributed by atoms with Gasteiger partial charge in [-0.25, -0.2) is 0 Å². The molecule has 0 aromatic carbocycles. The zero-order chi connectivity index (χ0) is 15.3. The number of hydrogen-bond donors (Lipinski definition) is 1. The predicted octanol–water partition coefficient (Wildman–Crippen LogP) is 2.29. The molecule has 5 heteroatoms. The second-order valence-electron chi connectivity index (χ2n) is 5.96. The normalized spacial score (nSPS) is 25.2. The van der Waals surface area contributed by atoms with Gasteiger partial charge in [0.25, 0.3) is 0 Å². The number of aromatic nitrogens is 2. The third kappa shape index (κ3) is 3.28. The molecule has 1 aromatic rings. The molecule has 2 unspecified atom stereocenters. The van der Waals surface area contributed by atoms with Crippen molar-refractivity contribution >= 4 is 5.97 Å². The first kappa shape index (κ1) is 16.0. The van der Waals surface area contributed by atoms with Crippen LogP contribution in [0, 0.1) is 12.8 Å². The Morgan fingerprint density at radius 1 is 1.62 bits per heavy atom. The molecule has 0 radical (unpaired) electrons. The summed E-state index contributed by atoms with van der Waals surface area (Å²) in [6.45, 7) is 5.89. The summed E-state index contributed by atoms with van der Waals surface area (Å²) in [6, 6.07) is 2.01. The standard InChI is InChI=1S/C16H27N3O2/c1-4-10-17-16(15(20)21-3)9-5-6-14(16)8-12-19-13(2)7-11-18-19/h7,11,14,17H,4-6,8-10,12H2,1-3H3. The monoisotopic (exact) mass is 293 g/mol. The fourth-order valence-corrected chi connectivity index (χ4v) is 3.48. The largest absolute Gasteiger partial charge is 0.468 e. The molecule has 21 heavy (non-hydrogen) atoms. The highest BCUT2D eigenvalue weighted by Gasteiger charge is 2.49. The van der Waals surface area contributed by atoms with E-state index in [1.54, 1.807) is 0 Å². The lowest BCUT2D eigenvalue weighted by atomic mass is 9.84. The molecule has 118 valence electrons. The van der Waals surface area contributed by atoms with Crippen LogP contribution in [-0.4, -0.2) is 34.9 Å². The lowest BCUT2D eigenvalue weighted by molar-refractivity contribution is -0.150. The fourth-order valence-electron chi connectivity index (χ4n) is 3.48. The molecule has 0 saturated heterocycles. The first-order valence-corrected chi connectivity index (χ1v) is 7.96. The maximum absolute atomic E-state index is 12.4. The molecular formula is C16H27N3O2. The highest BCUT2D eigenvalue weighted by molar-refractivity contribution is 5.81. The van der Waals surface area contributed by atoms with Crippen molar-refractivity contribution < 1.29 is 9.53 Å². The SMILES string of the molecule is CCCNC1(C(=O)OC)CCCC1CCn1nccc1C. The number of esters is 1. The Morgan fingerprint density at radius 2 is 2.43 bits per heavy atom. The van der Waals surface area contributed by atoms with E-state index in [0.29, 0.717) is 5.92 Å². The third-order valence-corrected chi connectivity index (χ3v) is 4.68. The highest BCUT2D eigenvalue weighted by Crippen LogP contribution is 2.39. The maximum atomic E-state index is 12.4. The minimum atomic E-state index is -0.494. The van der Waals surface area contributed by atoms with E-state index in [4.69, 9.17) is 4.74 Å². The molecule has 0 aliphatic heterocycles. The fraction of sp³-hybridized carbons (Fsp3) is 0.750. The van der Waals surface area contributed by atoms with Crippen LogP contribution in [0.1, 0.15) is 44.7 Å². The summed E-state index contributed by atoms with van der Waals surface area (Å²) < 4.78 is 7.12. The molecule has 1 saturated carbocycles. The van der Waals surface area contributed by atoms with Gasteiger partial charge in [-0.3, -0.25) is 9.48 Å².